The molecule has 0 bridgehead atoms. The van der Waals surface area contributed by atoms with Gasteiger partial charge in [0.05, 0.1) is 51.0 Å². The van der Waals surface area contributed by atoms with Gasteiger partial charge in [-0.25, -0.2) is 0 Å². The molecule has 0 spiro atoms. The zero-order valence-electron chi connectivity index (χ0n) is 25.8. The van der Waals surface area contributed by atoms with E-state index in [9.17, 15) is 10.5 Å². The summed E-state index contributed by atoms with van der Waals surface area (Å²) in [6, 6.07) is 58.9. The summed E-state index contributed by atoms with van der Waals surface area (Å²) in [5, 5.41) is 24.9. The zero-order valence-corrected chi connectivity index (χ0v) is 25.8. The van der Waals surface area contributed by atoms with Crippen LogP contribution in [0.4, 0.5) is 0 Å². The van der Waals surface area contributed by atoms with Crippen molar-refractivity contribution in [3.8, 4) is 45.8 Å². The van der Waals surface area contributed by atoms with E-state index >= 15 is 0 Å². The molecule has 0 N–H and O–H groups in total. The minimum Gasteiger partial charge on any atom is -0.309 e. The van der Waals surface area contributed by atoms with Gasteiger partial charge in [0.1, 0.15) is 0 Å². The van der Waals surface area contributed by atoms with Gasteiger partial charge in [-0.15, -0.1) is 0 Å². The quantitative estimate of drug-likeness (QED) is 0.199. The van der Waals surface area contributed by atoms with E-state index in [0.717, 1.165) is 55.4 Å². The molecule has 0 amide bonds. The average molecular weight is 611 g/mol. The smallest absolute Gasteiger partial charge is 0.0998 e. The fourth-order valence-electron chi connectivity index (χ4n) is 7.42. The third-order valence-electron chi connectivity index (χ3n) is 9.43. The Balaban J connectivity index is 1.26. The van der Waals surface area contributed by atoms with Crippen LogP contribution in [-0.2, 0) is 0 Å². The van der Waals surface area contributed by atoms with Crippen molar-refractivity contribution in [1.29, 1.82) is 10.5 Å². The van der Waals surface area contributed by atoms with Crippen LogP contribution >= 0.6 is 0 Å². The number of para-hydroxylation sites is 4. The molecule has 4 nitrogen and oxygen atoms in total. The van der Waals surface area contributed by atoms with E-state index in [1.807, 2.05) is 48.5 Å². The number of rotatable bonds is 4. The number of nitriles is 2. The Hall–Kier alpha value is -6.88. The molecule has 48 heavy (non-hydrogen) atoms. The predicted molar refractivity (Wildman–Crippen MR) is 195 cm³/mol. The summed E-state index contributed by atoms with van der Waals surface area (Å²) in [4.78, 5) is 0. The Morgan fingerprint density at radius 3 is 1.60 bits per heavy atom. The fraction of sp³-hybridized carbons (Fsp3) is 0. The topological polar surface area (TPSA) is 57.4 Å². The van der Waals surface area contributed by atoms with Crippen LogP contribution in [0.25, 0.3) is 77.2 Å². The summed E-state index contributed by atoms with van der Waals surface area (Å²) in [5.74, 6) is 0. The van der Waals surface area contributed by atoms with Crippen molar-refractivity contribution in [2.24, 2.45) is 0 Å². The van der Waals surface area contributed by atoms with E-state index in [1.54, 1.807) is 0 Å². The number of hydrogen-bond acceptors (Lipinski definition) is 2. The molecule has 0 fully saturated rings. The summed E-state index contributed by atoms with van der Waals surface area (Å²) in [6.07, 6.45) is 0. The van der Waals surface area contributed by atoms with Gasteiger partial charge in [0.2, 0.25) is 0 Å². The van der Waals surface area contributed by atoms with Crippen LogP contribution in [0.3, 0.4) is 0 Å². The van der Waals surface area contributed by atoms with Crippen LogP contribution < -0.4 is 0 Å². The van der Waals surface area contributed by atoms with E-state index in [0.29, 0.717) is 11.1 Å². The molecule has 0 saturated carbocycles. The average Bonchev–Trinajstić information content (AvgIpc) is 3.68. The van der Waals surface area contributed by atoms with Gasteiger partial charge < -0.3 is 9.13 Å². The number of hydrogen-bond donors (Lipinski definition) is 0. The second-order valence-corrected chi connectivity index (χ2v) is 11.9. The van der Waals surface area contributed by atoms with Gasteiger partial charge in [0.25, 0.3) is 0 Å². The molecule has 0 atom stereocenters. The lowest BCUT2D eigenvalue weighted by Crippen LogP contribution is -2.00. The van der Waals surface area contributed by atoms with Crippen molar-refractivity contribution in [2.45, 2.75) is 0 Å². The van der Waals surface area contributed by atoms with Crippen LogP contribution in [0.1, 0.15) is 11.1 Å². The van der Waals surface area contributed by atoms with E-state index in [4.69, 9.17) is 0 Å². The van der Waals surface area contributed by atoms with Crippen LogP contribution in [0.2, 0.25) is 0 Å². The van der Waals surface area contributed by atoms with Gasteiger partial charge in [-0.1, -0.05) is 103 Å². The molecule has 0 radical (unpaired) electrons. The Morgan fingerprint density at radius 1 is 0.396 bits per heavy atom. The Morgan fingerprint density at radius 2 is 0.917 bits per heavy atom. The van der Waals surface area contributed by atoms with Gasteiger partial charge >= 0.3 is 0 Å². The fourth-order valence-corrected chi connectivity index (χ4v) is 7.42. The molecule has 0 aliphatic carbocycles. The molecule has 9 aromatic rings. The summed E-state index contributed by atoms with van der Waals surface area (Å²) in [7, 11) is 0. The standard InChI is InChI=1S/C44H26N4/c45-27-30-11-9-17-33(29-23-25-32(26-24-29)47-38-18-5-1-13-34(38)35-14-2-6-19-39(35)47)43(30)36-15-3-7-20-40(36)48-41-21-8-4-16-37(41)44-31(28-46)12-10-22-42(44)48/h1-26H. The summed E-state index contributed by atoms with van der Waals surface area (Å²) < 4.78 is 4.54. The second-order valence-electron chi connectivity index (χ2n) is 11.9. The molecule has 2 heterocycles. The highest BCUT2D eigenvalue weighted by Crippen LogP contribution is 2.42. The van der Waals surface area contributed by atoms with Crippen molar-refractivity contribution >= 4 is 43.6 Å². The minimum atomic E-state index is 0.602. The maximum atomic E-state index is 10.5. The normalized spacial score (nSPS) is 11.3. The highest BCUT2D eigenvalue weighted by Gasteiger charge is 2.21. The lowest BCUT2D eigenvalue weighted by molar-refractivity contribution is 1.18. The first kappa shape index (κ1) is 27.4. The van der Waals surface area contributed by atoms with Gasteiger partial charge in [-0.2, -0.15) is 10.5 Å². The first-order valence-corrected chi connectivity index (χ1v) is 15.9. The molecule has 2 aromatic heterocycles. The Bertz CT molecular complexity index is 2750. The molecule has 0 aliphatic heterocycles. The van der Waals surface area contributed by atoms with Crippen molar-refractivity contribution in [3.63, 3.8) is 0 Å². The highest BCUT2D eigenvalue weighted by atomic mass is 15.0. The zero-order chi connectivity index (χ0) is 32.2. The van der Waals surface area contributed by atoms with Crippen LogP contribution in [0.15, 0.2) is 158 Å². The molecule has 0 aliphatic rings. The molecule has 222 valence electrons. The van der Waals surface area contributed by atoms with Crippen LogP contribution in [-0.4, -0.2) is 9.13 Å². The number of benzene rings is 7. The van der Waals surface area contributed by atoms with Gasteiger partial charge in [0.15, 0.2) is 0 Å². The number of nitrogens with zero attached hydrogens (tertiary/aromatic N) is 4. The molecule has 0 unspecified atom stereocenters. The summed E-state index contributed by atoms with van der Waals surface area (Å²) in [5.41, 5.74) is 11.4. The largest absolute Gasteiger partial charge is 0.309 e. The van der Waals surface area contributed by atoms with Gasteiger partial charge in [-0.3, -0.25) is 0 Å². The molecule has 4 heteroatoms. The van der Waals surface area contributed by atoms with E-state index in [1.165, 1.54) is 21.8 Å². The van der Waals surface area contributed by atoms with Gasteiger partial charge in [0, 0.05) is 38.4 Å². The van der Waals surface area contributed by atoms with E-state index in [2.05, 4.69) is 130 Å². The van der Waals surface area contributed by atoms with Crippen LogP contribution in [0.5, 0.6) is 0 Å². The molecule has 7 aromatic carbocycles. The minimum absolute atomic E-state index is 0.602. The molecule has 9 rings (SSSR count). The Labute approximate surface area is 277 Å². The monoisotopic (exact) mass is 610 g/mol. The maximum Gasteiger partial charge on any atom is 0.0998 e. The Kier molecular flexibility index (Phi) is 6.22. The van der Waals surface area contributed by atoms with Crippen molar-refractivity contribution < 1.29 is 0 Å². The summed E-state index contributed by atoms with van der Waals surface area (Å²) >= 11 is 0. The molecular formula is C44H26N4. The van der Waals surface area contributed by atoms with Crippen molar-refractivity contribution in [3.05, 3.63) is 169 Å². The predicted octanol–water partition coefficient (Wildman–Crippen LogP) is 11.0. The molecule has 0 saturated heterocycles. The summed E-state index contributed by atoms with van der Waals surface area (Å²) in [6.45, 7) is 0. The first-order chi connectivity index (χ1) is 23.8. The SMILES string of the molecule is N#Cc1cccc(-c2ccc(-n3c4ccccc4c4ccccc43)cc2)c1-c1ccccc1-n1c2ccccc2c2c(C#N)cccc21. The van der Waals surface area contributed by atoms with E-state index in [-0.39, 0.29) is 0 Å². The van der Waals surface area contributed by atoms with Crippen LogP contribution in [0, 0.1) is 22.7 Å². The van der Waals surface area contributed by atoms with Crippen molar-refractivity contribution in [1.82, 2.24) is 9.13 Å². The lowest BCUT2D eigenvalue weighted by Gasteiger charge is -2.18. The third-order valence-corrected chi connectivity index (χ3v) is 9.43. The number of fused-ring (bicyclic) bond motifs is 6. The number of aromatic nitrogens is 2. The highest BCUT2D eigenvalue weighted by molar-refractivity contribution is 6.12. The first-order valence-electron chi connectivity index (χ1n) is 15.9. The molecular weight excluding hydrogens is 585 g/mol. The lowest BCUT2D eigenvalue weighted by atomic mass is 9.89. The van der Waals surface area contributed by atoms with E-state index < -0.39 is 0 Å². The maximum absolute atomic E-state index is 10.5. The second kappa shape index (κ2) is 10.9. The van der Waals surface area contributed by atoms with Crippen molar-refractivity contribution in [2.75, 3.05) is 0 Å². The third kappa shape index (κ3) is 4.01. The van der Waals surface area contributed by atoms with Gasteiger partial charge in [-0.05, 0) is 65.7 Å².